The Labute approximate surface area is 206 Å². The molecule has 0 atom stereocenters. The number of halogens is 3. The van der Waals surface area contributed by atoms with E-state index in [0.717, 1.165) is 23.3 Å². The highest BCUT2D eigenvalue weighted by atomic mass is 32.2. The van der Waals surface area contributed by atoms with Gasteiger partial charge in [0.15, 0.2) is 0 Å². The molecular weight excluding hydrogens is 495 g/mol. The lowest BCUT2D eigenvalue weighted by molar-refractivity contribution is -0.137. The summed E-state index contributed by atoms with van der Waals surface area (Å²) in [4.78, 5) is 12.8. The molecule has 1 saturated heterocycles. The molecule has 1 heterocycles. The highest BCUT2D eigenvalue weighted by Gasteiger charge is 2.31. The van der Waals surface area contributed by atoms with Gasteiger partial charge in [0.05, 0.1) is 29.4 Å². The van der Waals surface area contributed by atoms with E-state index in [9.17, 15) is 26.4 Å². The summed E-state index contributed by atoms with van der Waals surface area (Å²) in [6, 6.07) is 15.3. The molecule has 3 aromatic rings. The third kappa shape index (κ3) is 5.86. The lowest BCUT2D eigenvalue weighted by Gasteiger charge is -2.26. The zero-order chi connectivity index (χ0) is 25.9. The van der Waals surface area contributed by atoms with E-state index in [2.05, 4.69) is 10.6 Å². The first-order valence-corrected chi connectivity index (χ1v) is 12.5. The highest BCUT2D eigenvalue weighted by molar-refractivity contribution is 7.89. The van der Waals surface area contributed by atoms with Gasteiger partial charge in [-0.3, -0.25) is 0 Å². The van der Waals surface area contributed by atoms with Gasteiger partial charge in [0.25, 0.3) is 0 Å². The summed E-state index contributed by atoms with van der Waals surface area (Å²) >= 11 is 0. The summed E-state index contributed by atoms with van der Waals surface area (Å²) in [6.45, 7) is 2.88. The first-order chi connectivity index (χ1) is 17.0. The van der Waals surface area contributed by atoms with Crippen LogP contribution in [0, 0.1) is 6.92 Å². The van der Waals surface area contributed by atoms with Crippen LogP contribution in [-0.2, 0) is 20.9 Å². The Kier molecular flexibility index (Phi) is 7.34. The lowest BCUT2D eigenvalue weighted by Crippen LogP contribution is -2.40. The zero-order valence-electron chi connectivity index (χ0n) is 19.3. The van der Waals surface area contributed by atoms with Crippen LogP contribution in [0.2, 0.25) is 0 Å². The van der Waals surface area contributed by atoms with Crippen LogP contribution in [0.15, 0.2) is 71.6 Å². The Morgan fingerprint density at radius 2 is 1.67 bits per heavy atom. The second kappa shape index (κ2) is 10.3. The van der Waals surface area contributed by atoms with Gasteiger partial charge in [0.1, 0.15) is 0 Å². The second-order valence-corrected chi connectivity index (χ2v) is 10.2. The van der Waals surface area contributed by atoms with Crippen molar-refractivity contribution in [3.05, 3.63) is 77.9 Å². The number of urea groups is 1. The molecule has 4 rings (SSSR count). The van der Waals surface area contributed by atoms with Gasteiger partial charge in [-0.25, -0.2) is 13.2 Å². The Bertz CT molecular complexity index is 1370. The number of amides is 2. The molecule has 3 aromatic carbocycles. The van der Waals surface area contributed by atoms with Crippen LogP contribution in [0.1, 0.15) is 11.1 Å². The summed E-state index contributed by atoms with van der Waals surface area (Å²) in [6.07, 6.45) is -4.56. The smallest absolute Gasteiger partial charge is 0.379 e. The van der Waals surface area contributed by atoms with Crippen molar-refractivity contribution in [1.29, 1.82) is 0 Å². The maximum atomic E-state index is 13.2. The Morgan fingerprint density at radius 3 is 2.36 bits per heavy atom. The molecule has 1 aliphatic rings. The number of hydrogen-bond acceptors (Lipinski definition) is 4. The van der Waals surface area contributed by atoms with E-state index in [0.29, 0.717) is 5.56 Å². The Morgan fingerprint density at radius 1 is 0.944 bits per heavy atom. The summed E-state index contributed by atoms with van der Waals surface area (Å²) < 4.78 is 72.0. The molecule has 190 valence electrons. The van der Waals surface area contributed by atoms with Crippen LogP contribution in [0.25, 0.3) is 11.1 Å². The monoisotopic (exact) mass is 519 g/mol. The van der Waals surface area contributed by atoms with Gasteiger partial charge in [0, 0.05) is 24.3 Å². The van der Waals surface area contributed by atoms with Gasteiger partial charge >= 0.3 is 12.2 Å². The largest absolute Gasteiger partial charge is 0.416 e. The number of ether oxygens (including phenoxy) is 1. The minimum Gasteiger partial charge on any atom is -0.379 e. The van der Waals surface area contributed by atoms with Crippen LogP contribution in [0.3, 0.4) is 0 Å². The quantitative estimate of drug-likeness (QED) is 0.476. The summed E-state index contributed by atoms with van der Waals surface area (Å²) in [5.41, 5.74) is 1.48. The molecule has 1 fully saturated rings. The van der Waals surface area contributed by atoms with Crippen molar-refractivity contribution in [3.63, 3.8) is 0 Å². The molecule has 0 spiro atoms. The number of rotatable bonds is 5. The standard InChI is InChI=1S/C25H24F3N3O4S/c1-17-4-2-5-18(14-17)22-9-8-21(36(33,34)31-10-12-35-13-11-31)16-23(22)30-24(32)29-20-7-3-6-19(15-20)25(26,27)28/h2-9,14-16H,10-13H2,1H3,(H2,29,30,32). The van der Waals surface area contributed by atoms with Gasteiger partial charge in [0.2, 0.25) is 10.0 Å². The molecule has 1 aliphatic heterocycles. The minimum atomic E-state index is -4.56. The Balaban J connectivity index is 1.67. The lowest BCUT2D eigenvalue weighted by atomic mass is 10.0. The predicted octanol–water partition coefficient (Wildman–Crippen LogP) is 5.35. The van der Waals surface area contributed by atoms with Crippen molar-refractivity contribution in [2.75, 3.05) is 36.9 Å². The number of carbonyl (C=O) groups is 1. The molecule has 2 amide bonds. The third-order valence-electron chi connectivity index (χ3n) is 5.62. The van der Waals surface area contributed by atoms with Crippen LogP contribution in [-0.4, -0.2) is 45.1 Å². The molecule has 0 aliphatic carbocycles. The average Bonchev–Trinajstić information content (AvgIpc) is 2.84. The molecule has 36 heavy (non-hydrogen) atoms. The molecular formula is C25H24F3N3O4S. The number of nitrogens with zero attached hydrogens (tertiary/aromatic N) is 1. The Hall–Kier alpha value is -3.41. The number of aryl methyl sites for hydroxylation is 1. The van der Waals surface area contributed by atoms with Crippen molar-refractivity contribution >= 4 is 27.4 Å². The second-order valence-electron chi connectivity index (χ2n) is 8.25. The fourth-order valence-corrected chi connectivity index (χ4v) is 5.28. The number of carbonyl (C=O) groups excluding carboxylic acids is 1. The molecule has 0 bridgehead atoms. The number of alkyl halides is 3. The van der Waals surface area contributed by atoms with Crippen molar-refractivity contribution in [3.8, 4) is 11.1 Å². The van der Waals surface area contributed by atoms with Crippen LogP contribution in [0.5, 0.6) is 0 Å². The molecule has 11 heteroatoms. The number of sulfonamides is 1. The van der Waals surface area contributed by atoms with Crippen molar-refractivity contribution in [1.82, 2.24) is 4.31 Å². The SMILES string of the molecule is Cc1cccc(-c2ccc(S(=O)(=O)N3CCOCC3)cc2NC(=O)Nc2cccc(C(F)(F)F)c2)c1. The first kappa shape index (κ1) is 25.7. The molecule has 0 aromatic heterocycles. The van der Waals surface area contributed by atoms with Crippen LogP contribution in [0.4, 0.5) is 29.3 Å². The predicted molar refractivity (Wildman–Crippen MR) is 130 cm³/mol. The van der Waals surface area contributed by atoms with E-state index in [-0.39, 0.29) is 42.6 Å². The molecule has 0 radical (unpaired) electrons. The van der Waals surface area contributed by atoms with Crippen molar-refractivity contribution < 1.29 is 31.1 Å². The van der Waals surface area contributed by atoms with Gasteiger partial charge in [-0.2, -0.15) is 17.5 Å². The van der Waals surface area contributed by atoms with Crippen LogP contribution >= 0.6 is 0 Å². The number of morpholine rings is 1. The van der Waals surface area contributed by atoms with Gasteiger partial charge in [-0.1, -0.05) is 42.0 Å². The highest BCUT2D eigenvalue weighted by Crippen LogP contribution is 2.33. The van der Waals surface area contributed by atoms with E-state index < -0.39 is 27.8 Å². The normalized spacial score (nSPS) is 14.9. The summed E-state index contributed by atoms with van der Waals surface area (Å²) in [7, 11) is -3.85. The number of hydrogen-bond donors (Lipinski definition) is 2. The molecule has 0 saturated carbocycles. The fraction of sp³-hybridized carbons (Fsp3) is 0.240. The average molecular weight is 520 g/mol. The van der Waals surface area contributed by atoms with E-state index in [1.165, 1.54) is 28.6 Å². The zero-order valence-corrected chi connectivity index (χ0v) is 20.1. The van der Waals surface area contributed by atoms with E-state index >= 15 is 0 Å². The topological polar surface area (TPSA) is 87.7 Å². The van der Waals surface area contributed by atoms with Crippen molar-refractivity contribution in [2.24, 2.45) is 0 Å². The third-order valence-corrected chi connectivity index (χ3v) is 7.52. The molecule has 0 unspecified atom stereocenters. The van der Waals surface area contributed by atoms with Gasteiger partial charge in [-0.05, 0) is 42.8 Å². The summed E-state index contributed by atoms with van der Waals surface area (Å²) in [5.74, 6) is 0. The first-order valence-electron chi connectivity index (χ1n) is 11.1. The number of anilines is 2. The van der Waals surface area contributed by atoms with Gasteiger partial charge < -0.3 is 15.4 Å². The van der Waals surface area contributed by atoms with Gasteiger partial charge in [-0.15, -0.1) is 0 Å². The van der Waals surface area contributed by atoms with E-state index in [1.807, 2.05) is 31.2 Å². The summed E-state index contributed by atoms with van der Waals surface area (Å²) in [5, 5.41) is 5.00. The number of benzene rings is 3. The minimum absolute atomic E-state index is 0.0184. The van der Waals surface area contributed by atoms with Crippen LogP contribution < -0.4 is 10.6 Å². The number of nitrogens with one attached hydrogen (secondary N) is 2. The molecule has 7 nitrogen and oxygen atoms in total. The van der Waals surface area contributed by atoms with Crippen molar-refractivity contribution in [2.45, 2.75) is 18.0 Å². The van der Waals surface area contributed by atoms with E-state index in [1.54, 1.807) is 6.07 Å². The molecule has 2 N–H and O–H groups in total. The fourth-order valence-electron chi connectivity index (χ4n) is 3.85. The van der Waals surface area contributed by atoms with E-state index in [4.69, 9.17) is 4.74 Å². The maximum Gasteiger partial charge on any atom is 0.416 e. The maximum absolute atomic E-state index is 13.2.